The first kappa shape index (κ1) is 10.7. The van der Waals surface area contributed by atoms with Crippen molar-refractivity contribution in [3.8, 4) is 11.5 Å². The molecule has 0 radical (unpaired) electrons. The van der Waals surface area contributed by atoms with Gasteiger partial charge in [0.05, 0.1) is 10.7 Å². The third-order valence-electron chi connectivity index (χ3n) is 2.61. The number of furan rings is 1. The summed E-state index contributed by atoms with van der Waals surface area (Å²) in [5.74, 6) is 1.81. The summed E-state index contributed by atoms with van der Waals surface area (Å²) in [6.45, 7) is 0.222. The number of fused-ring (bicyclic) bond motifs is 1. The van der Waals surface area contributed by atoms with Crippen LogP contribution in [0.3, 0.4) is 0 Å². The molecule has 17 heavy (non-hydrogen) atoms. The van der Waals surface area contributed by atoms with Gasteiger partial charge in [0.25, 0.3) is 0 Å². The molecule has 0 saturated carbocycles. The molecule has 2 aromatic rings. The molecule has 1 aromatic heterocycles. The van der Waals surface area contributed by atoms with Crippen LogP contribution in [0.1, 0.15) is 17.4 Å². The molecule has 1 aliphatic heterocycles. The third-order valence-corrected chi connectivity index (χ3v) is 3.26. The molecule has 2 heterocycles. The molecule has 0 saturated heterocycles. The molecule has 1 aromatic carbocycles. The van der Waals surface area contributed by atoms with Crippen molar-refractivity contribution in [2.45, 2.75) is 6.10 Å². The Bertz CT molecular complexity index is 549. The van der Waals surface area contributed by atoms with E-state index in [1.54, 1.807) is 24.3 Å². The van der Waals surface area contributed by atoms with Crippen LogP contribution in [0, 0.1) is 0 Å². The maximum absolute atomic E-state index is 10.2. The van der Waals surface area contributed by atoms with Crippen LogP contribution in [0.15, 0.2) is 39.4 Å². The van der Waals surface area contributed by atoms with Gasteiger partial charge in [0.1, 0.15) is 6.10 Å². The van der Waals surface area contributed by atoms with E-state index in [4.69, 9.17) is 13.9 Å². The van der Waals surface area contributed by atoms with Crippen LogP contribution in [-0.4, -0.2) is 11.9 Å². The summed E-state index contributed by atoms with van der Waals surface area (Å²) < 4.78 is 16.4. The normalized spacial score (nSPS) is 14.9. The molecule has 1 atom stereocenters. The number of halogens is 1. The van der Waals surface area contributed by atoms with Crippen molar-refractivity contribution in [3.63, 3.8) is 0 Å². The molecule has 0 aliphatic carbocycles. The first-order valence-electron chi connectivity index (χ1n) is 5.06. The minimum atomic E-state index is -0.825. The largest absolute Gasteiger partial charge is 0.465 e. The Morgan fingerprint density at radius 3 is 2.76 bits per heavy atom. The lowest BCUT2D eigenvalue weighted by molar-refractivity contribution is 0.173. The zero-order chi connectivity index (χ0) is 11.8. The first-order chi connectivity index (χ1) is 8.25. The first-order valence-corrected chi connectivity index (χ1v) is 5.85. The lowest BCUT2D eigenvalue weighted by atomic mass is 10.1. The SMILES string of the molecule is OC(c1ccc2c(c1)OCO2)c1occc1Br. The molecule has 0 fully saturated rings. The van der Waals surface area contributed by atoms with Gasteiger partial charge in [0, 0.05) is 0 Å². The average Bonchev–Trinajstić information content (AvgIpc) is 2.95. The van der Waals surface area contributed by atoms with Crippen LogP contribution >= 0.6 is 15.9 Å². The maximum atomic E-state index is 10.2. The smallest absolute Gasteiger partial charge is 0.231 e. The van der Waals surface area contributed by atoms with Crippen LogP contribution in [0.5, 0.6) is 11.5 Å². The Balaban J connectivity index is 1.97. The molecule has 4 nitrogen and oxygen atoms in total. The fraction of sp³-hybridized carbons (Fsp3) is 0.167. The van der Waals surface area contributed by atoms with Crippen LogP contribution in [0.2, 0.25) is 0 Å². The summed E-state index contributed by atoms with van der Waals surface area (Å²) in [6, 6.07) is 7.05. The molecule has 3 rings (SSSR count). The van der Waals surface area contributed by atoms with Crippen molar-refractivity contribution in [2.24, 2.45) is 0 Å². The Morgan fingerprint density at radius 1 is 1.18 bits per heavy atom. The van der Waals surface area contributed by atoms with E-state index in [1.807, 2.05) is 0 Å². The topological polar surface area (TPSA) is 51.8 Å². The zero-order valence-corrected chi connectivity index (χ0v) is 10.3. The lowest BCUT2D eigenvalue weighted by Gasteiger charge is -2.09. The van der Waals surface area contributed by atoms with Crippen LogP contribution in [0.4, 0.5) is 0 Å². The van der Waals surface area contributed by atoms with Gasteiger partial charge in [-0.15, -0.1) is 0 Å². The molecular formula is C12H9BrO4. The predicted molar refractivity (Wildman–Crippen MR) is 63.0 cm³/mol. The molecule has 5 heteroatoms. The number of benzene rings is 1. The number of aliphatic hydroxyl groups excluding tert-OH is 1. The lowest BCUT2D eigenvalue weighted by Crippen LogP contribution is -1.98. The van der Waals surface area contributed by atoms with Gasteiger partial charge in [0.15, 0.2) is 17.3 Å². The Morgan fingerprint density at radius 2 is 2.00 bits per heavy atom. The van der Waals surface area contributed by atoms with E-state index in [1.165, 1.54) is 6.26 Å². The van der Waals surface area contributed by atoms with Crippen LogP contribution in [0.25, 0.3) is 0 Å². The summed E-state index contributed by atoms with van der Waals surface area (Å²) in [7, 11) is 0. The van der Waals surface area contributed by atoms with Gasteiger partial charge in [-0.2, -0.15) is 0 Å². The quantitative estimate of drug-likeness (QED) is 0.926. The van der Waals surface area contributed by atoms with E-state index in [0.717, 1.165) is 4.47 Å². The van der Waals surface area contributed by atoms with Crippen LogP contribution < -0.4 is 9.47 Å². The molecule has 88 valence electrons. The van der Waals surface area contributed by atoms with Gasteiger partial charge >= 0.3 is 0 Å². The van der Waals surface area contributed by atoms with Crippen molar-refractivity contribution < 1.29 is 19.0 Å². The van der Waals surface area contributed by atoms with E-state index in [9.17, 15) is 5.11 Å². The number of hydrogen-bond donors (Lipinski definition) is 1. The van der Waals surface area contributed by atoms with E-state index >= 15 is 0 Å². The number of hydrogen-bond acceptors (Lipinski definition) is 4. The van der Waals surface area contributed by atoms with Crippen LogP contribution in [-0.2, 0) is 0 Å². The van der Waals surface area contributed by atoms with E-state index in [-0.39, 0.29) is 6.79 Å². The minimum Gasteiger partial charge on any atom is -0.465 e. The second-order valence-electron chi connectivity index (χ2n) is 3.65. The molecule has 1 N–H and O–H groups in total. The van der Waals surface area contributed by atoms with Gasteiger partial charge in [-0.3, -0.25) is 0 Å². The van der Waals surface area contributed by atoms with Crippen molar-refractivity contribution >= 4 is 15.9 Å². The highest BCUT2D eigenvalue weighted by Gasteiger charge is 2.20. The Kier molecular flexibility index (Phi) is 2.57. The summed E-state index contributed by atoms with van der Waals surface area (Å²) in [5.41, 5.74) is 0.699. The summed E-state index contributed by atoms with van der Waals surface area (Å²) in [5, 5.41) is 10.2. The van der Waals surface area contributed by atoms with Crippen molar-refractivity contribution in [1.82, 2.24) is 0 Å². The monoisotopic (exact) mass is 296 g/mol. The fourth-order valence-corrected chi connectivity index (χ4v) is 2.15. The molecule has 1 aliphatic rings. The molecule has 0 spiro atoms. The van der Waals surface area contributed by atoms with Gasteiger partial charge in [0.2, 0.25) is 6.79 Å². The van der Waals surface area contributed by atoms with Gasteiger partial charge < -0.3 is 19.0 Å². The summed E-state index contributed by atoms with van der Waals surface area (Å²) >= 11 is 3.32. The second-order valence-corrected chi connectivity index (χ2v) is 4.50. The highest BCUT2D eigenvalue weighted by molar-refractivity contribution is 9.10. The molecule has 0 amide bonds. The summed E-state index contributed by atoms with van der Waals surface area (Å²) in [6.07, 6.45) is 0.698. The maximum Gasteiger partial charge on any atom is 0.231 e. The highest BCUT2D eigenvalue weighted by Crippen LogP contribution is 2.37. The van der Waals surface area contributed by atoms with Crippen molar-refractivity contribution in [3.05, 3.63) is 46.3 Å². The summed E-state index contributed by atoms with van der Waals surface area (Å²) in [4.78, 5) is 0. The molecule has 0 bridgehead atoms. The van der Waals surface area contributed by atoms with E-state index < -0.39 is 6.10 Å². The zero-order valence-electron chi connectivity index (χ0n) is 8.72. The van der Waals surface area contributed by atoms with E-state index in [2.05, 4.69) is 15.9 Å². The average molecular weight is 297 g/mol. The second kappa shape index (κ2) is 4.09. The molecular weight excluding hydrogens is 288 g/mol. The number of rotatable bonds is 2. The number of aliphatic hydroxyl groups is 1. The van der Waals surface area contributed by atoms with Gasteiger partial charge in [-0.05, 0) is 39.7 Å². The van der Waals surface area contributed by atoms with Gasteiger partial charge in [-0.25, -0.2) is 0 Å². The third kappa shape index (κ3) is 1.81. The van der Waals surface area contributed by atoms with Crippen molar-refractivity contribution in [2.75, 3.05) is 6.79 Å². The van der Waals surface area contributed by atoms with E-state index in [0.29, 0.717) is 22.8 Å². The Labute approximate surface area is 106 Å². The predicted octanol–water partition coefficient (Wildman–Crippen LogP) is 2.85. The van der Waals surface area contributed by atoms with Crippen molar-refractivity contribution in [1.29, 1.82) is 0 Å². The fourth-order valence-electron chi connectivity index (χ4n) is 1.74. The Hall–Kier alpha value is -1.46. The standard InChI is InChI=1S/C12H9BrO4/c13-8-3-4-15-12(8)11(14)7-1-2-9-10(5-7)17-6-16-9/h1-5,11,14H,6H2. The number of ether oxygens (including phenoxy) is 2. The minimum absolute atomic E-state index is 0.222. The highest BCUT2D eigenvalue weighted by atomic mass is 79.9. The molecule has 1 unspecified atom stereocenters. The van der Waals surface area contributed by atoms with Gasteiger partial charge in [-0.1, -0.05) is 6.07 Å².